The third-order valence-electron chi connectivity index (χ3n) is 2.73. The molecule has 7 heteroatoms. The third kappa shape index (κ3) is 3.80. The van der Waals surface area contributed by atoms with Gasteiger partial charge in [0.05, 0.1) is 4.88 Å². The molecular weight excluding hydrogens is 278 g/mol. The number of hydrogen-bond acceptors (Lipinski definition) is 5. The van der Waals surface area contributed by atoms with Crippen LogP contribution >= 0.6 is 11.3 Å². The summed E-state index contributed by atoms with van der Waals surface area (Å²) in [7, 11) is 0. The minimum atomic E-state index is -0.614. The summed E-state index contributed by atoms with van der Waals surface area (Å²) < 4.78 is 6.08. The fourth-order valence-corrected chi connectivity index (χ4v) is 2.34. The van der Waals surface area contributed by atoms with Gasteiger partial charge in [0.25, 0.3) is 5.89 Å². The molecule has 2 heterocycles. The molecule has 0 bridgehead atoms. The standard InChI is InChI=1S/C13H17N3O3S/c1-2-3-4-7-14-11(17)9-16-13(18)19-12(15-16)10-6-5-8-20-10/h5-6,8H,2-4,7,9H2,1H3,(H,14,17). The SMILES string of the molecule is CCCCCNC(=O)Cn1nc(-c2cccs2)oc1=O. The van der Waals surface area contributed by atoms with Crippen LogP contribution in [0.25, 0.3) is 10.8 Å². The first-order valence-corrected chi connectivity index (χ1v) is 7.47. The van der Waals surface area contributed by atoms with Crippen molar-refractivity contribution in [2.24, 2.45) is 0 Å². The van der Waals surface area contributed by atoms with Crippen LogP contribution in [0.2, 0.25) is 0 Å². The molecule has 0 aliphatic rings. The van der Waals surface area contributed by atoms with E-state index in [-0.39, 0.29) is 18.3 Å². The van der Waals surface area contributed by atoms with Gasteiger partial charge in [-0.2, -0.15) is 4.68 Å². The van der Waals surface area contributed by atoms with E-state index in [0.717, 1.165) is 28.8 Å². The van der Waals surface area contributed by atoms with Gasteiger partial charge in [-0.15, -0.1) is 16.4 Å². The molecule has 0 saturated carbocycles. The van der Waals surface area contributed by atoms with Crippen LogP contribution in [0.4, 0.5) is 0 Å². The minimum absolute atomic E-state index is 0.111. The number of nitrogens with one attached hydrogen (secondary N) is 1. The Hall–Kier alpha value is -1.89. The fraction of sp³-hybridized carbons (Fsp3) is 0.462. The minimum Gasteiger partial charge on any atom is -0.387 e. The monoisotopic (exact) mass is 295 g/mol. The maximum atomic E-state index is 11.7. The molecule has 0 unspecified atom stereocenters. The molecule has 0 atom stereocenters. The molecule has 0 radical (unpaired) electrons. The van der Waals surface area contributed by atoms with Crippen molar-refractivity contribution < 1.29 is 9.21 Å². The highest BCUT2D eigenvalue weighted by Gasteiger charge is 2.13. The van der Waals surface area contributed by atoms with Gasteiger partial charge in [0.15, 0.2) is 0 Å². The number of aromatic nitrogens is 2. The fourth-order valence-electron chi connectivity index (χ4n) is 1.70. The Morgan fingerprint density at radius 2 is 2.35 bits per heavy atom. The molecule has 2 rings (SSSR count). The molecule has 2 aromatic heterocycles. The van der Waals surface area contributed by atoms with Gasteiger partial charge in [-0.3, -0.25) is 4.79 Å². The lowest BCUT2D eigenvalue weighted by molar-refractivity contribution is -0.121. The molecule has 0 fully saturated rings. The van der Waals surface area contributed by atoms with E-state index in [2.05, 4.69) is 17.3 Å². The van der Waals surface area contributed by atoms with Gasteiger partial charge in [-0.1, -0.05) is 25.8 Å². The number of carbonyl (C=O) groups is 1. The topological polar surface area (TPSA) is 77.1 Å². The summed E-state index contributed by atoms with van der Waals surface area (Å²) in [6.07, 6.45) is 3.12. The quantitative estimate of drug-likeness (QED) is 0.791. The largest absolute Gasteiger partial charge is 0.437 e. The summed E-state index contributed by atoms with van der Waals surface area (Å²) in [5.74, 6) is -0.588. The second-order valence-electron chi connectivity index (χ2n) is 4.37. The van der Waals surface area contributed by atoms with Gasteiger partial charge in [-0.25, -0.2) is 4.79 Å². The molecule has 0 aromatic carbocycles. The molecule has 20 heavy (non-hydrogen) atoms. The van der Waals surface area contributed by atoms with Crippen molar-refractivity contribution in [2.45, 2.75) is 32.7 Å². The van der Waals surface area contributed by atoms with Crippen LogP contribution < -0.4 is 11.1 Å². The van der Waals surface area contributed by atoms with Crippen molar-refractivity contribution in [1.29, 1.82) is 0 Å². The molecule has 1 N–H and O–H groups in total. The average molecular weight is 295 g/mol. The Morgan fingerprint density at radius 1 is 1.50 bits per heavy atom. The maximum absolute atomic E-state index is 11.7. The van der Waals surface area contributed by atoms with Gasteiger partial charge < -0.3 is 9.73 Å². The predicted molar refractivity (Wildman–Crippen MR) is 76.6 cm³/mol. The van der Waals surface area contributed by atoms with Crippen molar-refractivity contribution in [1.82, 2.24) is 15.1 Å². The Balaban J connectivity index is 1.93. The van der Waals surface area contributed by atoms with Crippen molar-refractivity contribution in [3.63, 3.8) is 0 Å². The summed E-state index contributed by atoms with van der Waals surface area (Å²) in [6.45, 7) is 2.61. The van der Waals surface area contributed by atoms with Gasteiger partial charge in [-0.05, 0) is 17.9 Å². The van der Waals surface area contributed by atoms with Crippen LogP contribution in [-0.2, 0) is 11.3 Å². The van der Waals surface area contributed by atoms with E-state index in [9.17, 15) is 9.59 Å². The zero-order valence-corrected chi connectivity index (χ0v) is 12.1. The molecule has 2 aromatic rings. The highest BCUT2D eigenvalue weighted by atomic mass is 32.1. The highest BCUT2D eigenvalue weighted by molar-refractivity contribution is 7.13. The first-order chi connectivity index (χ1) is 9.70. The lowest BCUT2D eigenvalue weighted by atomic mass is 10.2. The summed E-state index contributed by atoms with van der Waals surface area (Å²) in [5, 5.41) is 8.65. The maximum Gasteiger partial charge on any atom is 0.437 e. The molecule has 0 aliphatic carbocycles. The van der Waals surface area contributed by atoms with E-state index in [1.54, 1.807) is 0 Å². The van der Waals surface area contributed by atoms with E-state index in [1.165, 1.54) is 11.3 Å². The number of unbranched alkanes of at least 4 members (excludes halogenated alkanes) is 2. The summed E-state index contributed by atoms with van der Waals surface area (Å²) in [5.41, 5.74) is 0. The first kappa shape index (κ1) is 14.5. The third-order valence-corrected chi connectivity index (χ3v) is 3.59. The summed E-state index contributed by atoms with van der Waals surface area (Å²) in [4.78, 5) is 24.0. The molecule has 0 aliphatic heterocycles. The Bertz CT molecular complexity index is 601. The smallest absolute Gasteiger partial charge is 0.387 e. The number of carbonyl (C=O) groups excluding carboxylic acids is 1. The van der Waals surface area contributed by atoms with Crippen LogP contribution in [0, 0.1) is 0 Å². The summed E-state index contributed by atoms with van der Waals surface area (Å²) in [6, 6.07) is 3.66. The number of rotatable bonds is 7. The lowest BCUT2D eigenvalue weighted by Gasteiger charge is -2.03. The van der Waals surface area contributed by atoms with Crippen LogP contribution in [0.3, 0.4) is 0 Å². The number of thiophene rings is 1. The number of hydrogen-bond donors (Lipinski definition) is 1. The molecular formula is C13H17N3O3S. The van der Waals surface area contributed by atoms with E-state index in [0.29, 0.717) is 6.54 Å². The van der Waals surface area contributed by atoms with E-state index < -0.39 is 5.76 Å². The van der Waals surface area contributed by atoms with Crippen molar-refractivity contribution >= 4 is 17.2 Å². The van der Waals surface area contributed by atoms with Gasteiger partial charge >= 0.3 is 5.76 Å². The Labute approximate surface area is 120 Å². The van der Waals surface area contributed by atoms with Crippen molar-refractivity contribution in [3.05, 3.63) is 28.1 Å². The van der Waals surface area contributed by atoms with E-state index in [4.69, 9.17) is 4.42 Å². The first-order valence-electron chi connectivity index (χ1n) is 6.59. The van der Waals surface area contributed by atoms with Gasteiger partial charge in [0.1, 0.15) is 6.54 Å². The molecule has 0 spiro atoms. The van der Waals surface area contributed by atoms with Crippen LogP contribution in [-0.4, -0.2) is 22.2 Å². The van der Waals surface area contributed by atoms with Gasteiger partial charge in [0.2, 0.25) is 5.91 Å². The van der Waals surface area contributed by atoms with Crippen LogP contribution in [0.5, 0.6) is 0 Å². The average Bonchev–Trinajstić information content (AvgIpc) is 3.05. The van der Waals surface area contributed by atoms with E-state index in [1.807, 2.05) is 17.5 Å². The molecule has 6 nitrogen and oxygen atoms in total. The Kier molecular flexibility index (Phi) is 5.11. The zero-order chi connectivity index (χ0) is 14.4. The second kappa shape index (κ2) is 7.04. The second-order valence-corrected chi connectivity index (χ2v) is 5.31. The van der Waals surface area contributed by atoms with Crippen LogP contribution in [0.15, 0.2) is 26.7 Å². The zero-order valence-electron chi connectivity index (χ0n) is 11.3. The van der Waals surface area contributed by atoms with Crippen LogP contribution in [0.1, 0.15) is 26.2 Å². The van der Waals surface area contributed by atoms with Crippen molar-refractivity contribution in [2.75, 3.05) is 6.54 Å². The number of nitrogens with zero attached hydrogens (tertiary/aromatic N) is 2. The Morgan fingerprint density at radius 3 is 3.05 bits per heavy atom. The molecule has 108 valence electrons. The van der Waals surface area contributed by atoms with E-state index >= 15 is 0 Å². The molecule has 1 amide bonds. The molecule has 0 saturated heterocycles. The highest BCUT2D eigenvalue weighted by Crippen LogP contribution is 2.20. The number of amides is 1. The van der Waals surface area contributed by atoms with Crippen molar-refractivity contribution in [3.8, 4) is 10.8 Å². The predicted octanol–water partition coefficient (Wildman–Crippen LogP) is 1.87. The normalized spacial score (nSPS) is 10.7. The van der Waals surface area contributed by atoms with Gasteiger partial charge in [0, 0.05) is 6.54 Å². The summed E-state index contributed by atoms with van der Waals surface area (Å²) >= 11 is 1.43. The lowest BCUT2D eigenvalue weighted by Crippen LogP contribution is -2.32.